The minimum Gasteiger partial charge on any atom is -0.468 e. The summed E-state index contributed by atoms with van der Waals surface area (Å²) >= 11 is 0. The fourth-order valence-electron chi connectivity index (χ4n) is 3.31. The van der Waals surface area contributed by atoms with E-state index in [9.17, 15) is 0 Å². The van der Waals surface area contributed by atoms with E-state index in [-0.39, 0.29) is 0 Å². The van der Waals surface area contributed by atoms with E-state index in [2.05, 4.69) is 83.0 Å². The molecule has 1 aromatic heterocycles. The number of guanidine groups is 1. The van der Waals surface area contributed by atoms with Gasteiger partial charge in [0.15, 0.2) is 5.96 Å². The van der Waals surface area contributed by atoms with Gasteiger partial charge in [-0.15, -0.1) is 0 Å². The Bertz CT molecular complexity index is 918. The third-order valence-electron chi connectivity index (χ3n) is 4.78. The van der Waals surface area contributed by atoms with Gasteiger partial charge in [0.05, 0.1) is 12.8 Å². The molecule has 0 amide bonds. The Kier molecular flexibility index (Phi) is 7.47. The molecule has 5 heteroatoms. The zero-order valence-electron chi connectivity index (χ0n) is 17.5. The number of aryl methyl sites for hydroxylation is 1. The van der Waals surface area contributed by atoms with Gasteiger partial charge in [0.1, 0.15) is 5.76 Å². The molecule has 3 aromatic rings. The van der Waals surface area contributed by atoms with Crippen molar-refractivity contribution in [2.45, 2.75) is 33.1 Å². The zero-order valence-corrected chi connectivity index (χ0v) is 17.5. The first kappa shape index (κ1) is 20.7. The number of aliphatic imine (C=N–C) groups is 1. The molecule has 1 heterocycles. The average Bonchev–Trinajstić information content (AvgIpc) is 3.22. The van der Waals surface area contributed by atoms with Crippen LogP contribution in [0.4, 0.5) is 0 Å². The van der Waals surface area contributed by atoms with Crippen LogP contribution in [0.25, 0.3) is 0 Å². The summed E-state index contributed by atoms with van der Waals surface area (Å²) in [4.78, 5) is 6.61. The van der Waals surface area contributed by atoms with Crippen LogP contribution in [0.1, 0.15) is 28.0 Å². The molecule has 0 radical (unpaired) electrons. The van der Waals surface area contributed by atoms with Crippen molar-refractivity contribution >= 4 is 5.96 Å². The first-order chi connectivity index (χ1) is 14.1. The molecule has 0 aliphatic heterocycles. The number of furan rings is 1. The second-order valence-electron chi connectivity index (χ2n) is 7.29. The summed E-state index contributed by atoms with van der Waals surface area (Å²) in [7, 11) is 3.91. The van der Waals surface area contributed by atoms with Crippen molar-refractivity contribution in [3.63, 3.8) is 0 Å². The Morgan fingerprint density at radius 2 is 1.72 bits per heavy atom. The molecule has 0 aliphatic rings. The normalized spacial score (nSPS) is 11.7. The van der Waals surface area contributed by atoms with E-state index in [0.717, 1.165) is 37.9 Å². The van der Waals surface area contributed by atoms with E-state index in [1.54, 1.807) is 13.3 Å². The molecule has 3 rings (SSSR count). The van der Waals surface area contributed by atoms with Crippen molar-refractivity contribution in [2.24, 2.45) is 4.99 Å². The van der Waals surface area contributed by atoms with Crippen molar-refractivity contribution in [3.8, 4) is 0 Å². The topological polar surface area (TPSA) is 52.8 Å². The lowest BCUT2D eigenvalue weighted by Gasteiger charge is -2.19. The molecule has 0 saturated carbocycles. The third-order valence-corrected chi connectivity index (χ3v) is 4.78. The van der Waals surface area contributed by atoms with Crippen LogP contribution in [0.2, 0.25) is 0 Å². The summed E-state index contributed by atoms with van der Waals surface area (Å²) < 4.78 is 5.46. The van der Waals surface area contributed by atoms with E-state index in [1.165, 1.54) is 22.3 Å². The van der Waals surface area contributed by atoms with Crippen LogP contribution in [-0.2, 0) is 26.2 Å². The van der Waals surface area contributed by atoms with Gasteiger partial charge in [-0.25, -0.2) is 0 Å². The monoisotopic (exact) mass is 390 g/mol. The summed E-state index contributed by atoms with van der Waals surface area (Å²) in [5, 5.41) is 6.82. The van der Waals surface area contributed by atoms with Gasteiger partial charge in [-0.2, -0.15) is 0 Å². The number of benzene rings is 2. The summed E-state index contributed by atoms with van der Waals surface area (Å²) in [5.41, 5.74) is 5.06. The Morgan fingerprint density at radius 1 is 0.931 bits per heavy atom. The van der Waals surface area contributed by atoms with E-state index >= 15 is 0 Å². The van der Waals surface area contributed by atoms with Crippen LogP contribution in [0.15, 0.2) is 76.3 Å². The van der Waals surface area contributed by atoms with Crippen molar-refractivity contribution in [1.82, 2.24) is 15.5 Å². The van der Waals surface area contributed by atoms with Crippen molar-refractivity contribution in [3.05, 3.63) is 94.9 Å². The van der Waals surface area contributed by atoms with E-state index in [4.69, 9.17) is 4.42 Å². The maximum Gasteiger partial charge on any atom is 0.191 e. The molecule has 0 atom stereocenters. The maximum absolute atomic E-state index is 5.46. The predicted octanol–water partition coefficient (Wildman–Crippen LogP) is 4.09. The van der Waals surface area contributed by atoms with Crippen LogP contribution in [0.3, 0.4) is 0 Å². The molecule has 0 aliphatic carbocycles. The number of nitrogens with zero attached hydrogens (tertiary/aromatic N) is 2. The summed E-state index contributed by atoms with van der Waals surface area (Å²) in [5.74, 6) is 1.77. The highest BCUT2D eigenvalue weighted by molar-refractivity contribution is 5.79. The first-order valence-electron chi connectivity index (χ1n) is 9.92. The predicted molar refractivity (Wildman–Crippen MR) is 119 cm³/mol. The number of nitrogens with one attached hydrogen (secondary N) is 2. The maximum atomic E-state index is 5.46. The van der Waals surface area contributed by atoms with Gasteiger partial charge >= 0.3 is 0 Å². The molecule has 0 unspecified atom stereocenters. The SMILES string of the molecule is CN=C(NCc1cccc(C)c1)NCc1ccccc1CN(C)Cc1ccco1. The fourth-order valence-corrected chi connectivity index (χ4v) is 3.31. The number of rotatable bonds is 8. The van der Waals surface area contributed by atoms with E-state index in [1.807, 2.05) is 12.1 Å². The molecular formula is C24H30N4O. The Balaban J connectivity index is 1.55. The molecule has 0 bridgehead atoms. The average molecular weight is 391 g/mol. The largest absolute Gasteiger partial charge is 0.468 e. The first-order valence-corrected chi connectivity index (χ1v) is 9.92. The quantitative estimate of drug-likeness (QED) is 0.449. The summed E-state index contributed by atoms with van der Waals surface area (Å²) in [6.07, 6.45) is 1.72. The molecule has 0 fully saturated rings. The van der Waals surface area contributed by atoms with Crippen LogP contribution in [0, 0.1) is 6.92 Å². The standard InChI is InChI=1S/C24H30N4O/c1-19-8-6-9-20(14-19)15-26-24(25-2)27-16-21-10-4-5-11-22(21)17-28(3)18-23-12-7-13-29-23/h4-14H,15-18H2,1-3H3,(H2,25,26,27). The van der Waals surface area contributed by atoms with Gasteiger partial charge in [-0.1, -0.05) is 54.1 Å². The number of hydrogen-bond acceptors (Lipinski definition) is 3. The van der Waals surface area contributed by atoms with Gasteiger partial charge < -0.3 is 15.1 Å². The molecular weight excluding hydrogens is 360 g/mol. The van der Waals surface area contributed by atoms with E-state index < -0.39 is 0 Å². The molecule has 2 N–H and O–H groups in total. The Hall–Kier alpha value is -3.05. The second-order valence-corrected chi connectivity index (χ2v) is 7.29. The zero-order chi connectivity index (χ0) is 20.5. The highest BCUT2D eigenvalue weighted by Crippen LogP contribution is 2.13. The molecule has 5 nitrogen and oxygen atoms in total. The lowest BCUT2D eigenvalue weighted by atomic mass is 10.1. The van der Waals surface area contributed by atoms with Crippen molar-refractivity contribution < 1.29 is 4.42 Å². The summed E-state index contributed by atoms with van der Waals surface area (Å²) in [6.45, 7) is 5.21. The summed E-state index contributed by atoms with van der Waals surface area (Å²) in [6, 6.07) is 20.9. The molecule has 152 valence electrons. The highest BCUT2D eigenvalue weighted by Gasteiger charge is 2.08. The molecule has 0 spiro atoms. The van der Waals surface area contributed by atoms with Crippen LogP contribution in [0.5, 0.6) is 0 Å². The van der Waals surface area contributed by atoms with Crippen molar-refractivity contribution in [2.75, 3.05) is 14.1 Å². The van der Waals surface area contributed by atoms with Gasteiger partial charge in [0, 0.05) is 26.7 Å². The highest BCUT2D eigenvalue weighted by atomic mass is 16.3. The Labute approximate surface area is 173 Å². The van der Waals surface area contributed by atoms with Crippen molar-refractivity contribution in [1.29, 1.82) is 0 Å². The van der Waals surface area contributed by atoms with Crippen LogP contribution in [-0.4, -0.2) is 25.0 Å². The van der Waals surface area contributed by atoms with Gasteiger partial charge in [0.25, 0.3) is 0 Å². The minimum absolute atomic E-state index is 0.720. The van der Waals surface area contributed by atoms with Gasteiger partial charge in [0.2, 0.25) is 0 Å². The van der Waals surface area contributed by atoms with Gasteiger partial charge in [-0.3, -0.25) is 9.89 Å². The Morgan fingerprint density at radius 3 is 2.45 bits per heavy atom. The minimum atomic E-state index is 0.720. The fraction of sp³-hybridized carbons (Fsp3) is 0.292. The molecule has 2 aromatic carbocycles. The lowest BCUT2D eigenvalue weighted by molar-refractivity contribution is 0.287. The van der Waals surface area contributed by atoms with E-state index in [0.29, 0.717) is 0 Å². The smallest absolute Gasteiger partial charge is 0.191 e. The third kappa shape index (κ3) is 6.50. The van der Waals surface area contributed by atoms with Crippen LogP contribution < -0.4 is 10.6 Å². The lowest BCUT2D eigenvalue weighted by Crippen LogP contribution is -2.36. The molecule has 0 saturated heterocycles. The second kappa shape index (κ2) is 10.5. The van der Waals surface area contributed by atoms with Gasteiger partial charge in [-0.05, 0) is 42.8 Å². The molecule has 29 heavy (non-hydrogen) atoms. The van der Waals surface area contributed by atoms with Crippen LogP contribution >= 0.6 is 0 Å². The number of hydrogen-bond donors (Lipinski definition) is 2.